The molecule has 2 atom stereocenters. The summed E-state index contributed by atoms with van der Waals surface area (Å²) in [7, 11) is 0. The van der Waals surface area contributed by atoms with Crippen LogP contribution in [-0.2, 0) is 15.2 Å². The van der Waals surface area contributed by atoms with E-state index in [4.69, 9.17) is 14.6 Å². The van der Waals surface area contributed by atoms with E-state index < -0.39 is 0 Å². The van der Waals surface area contributed by atoms with Gasteiger partial charge in [-0.05, 0) is 24.8 Å². The number of benzene rings is 1. The molecule has 0 bridgehead atoms. The number of thioether (sulfide) groups is 1. The molecule has 2 aromatic rings. The molecule has 1 aromatic carbocycles. The number of amides is 1. The predicted molar refractivity (Wildman–Crippen MR) is 123 cm³/mol. The number of carbonyl (C=O) groups excluding carboxylic acids is 1. The highest BCUT2D eigenvalue weighted by atomic mass is 32.2. The Labute approximate surface area is 193 Å². The Balaban J connectivity index is 1.33. The first-order valence-electron chi connectivity index (χ1n) is 11.8. The van der Waals surface area contributed by atoms with Gasteiger partial charge in [-0.1, -0.05) is 18.2 Å². The molecule has 170 valence electrons. The zero-order chi connectivity index (χ0) is 21.5. The van der Waals surface area contributed by atoms with Crippen LogP contribution in [0.25, 0.3) is 11.3 Å². The van der Waals surface area contributed by atoms with E-state index in [0.29, 0.717) is 44.0 Å². The van der Waals surface area contributed by atoms with Gasteiger partial charge in [0, 0.05) is 61.1 Å². The Morgan fingerprint density at radius 3 is 2.81 bits per heavy atom. The summed E-state index contributed by atoms with van der Waals surface area (Å²) in [5.74, 6) is 1.50. The van der Waals surface area contributed by atoms with E-state index in [-0.39, 0.29) is 5.91 Å². The predicted octanol–water partition coefficient (Wildman–Crippen LogP) is 2.91. The maximum Gasteiger partial charge on any atom is 0.274 e. The summed E-state index contributed by atoms with van der Waals surface area (Å²) in [5, 5.41) is 5.03. The highest BCUT2D eigenvalue weighted by Gasteiger charge is 2.35. The topological polar surface area (TPSA) is 59.8 Å². The molecule has 5 heterocycles. The summed E-state index contributed by atoms with van der Waals surface area (Å²) in [4.78, 5) is 19.2. The van der Waals surface area contributed by atoms with Crippen molar-refractivity contribution >= 4 is 17.7 Å². The number of fused-ring (bicyclic) bond motifs is 3. The SMILES string of the molecule is O=C(c1nn(C2CCN(CC3CCOC3)C2)c2c1CSc1ccccc1-2)N1CCOCC1. The zero-order valence-electron chi connectivity index (χ0n) is 18.4. The largest absolute Gasteiger partial charge is 0.381 e. The number of hydrogen-bond donors (Lipinski definition) is 0. The maximum absolute atomic E-state index is 13.5. The van der Waals surface area contributed by atoms with Gasteiger partial charge >= 0.3 is 0 Å². The van der Waals surface area contributed by atoms with Crippen LogP contribution >= 0.6 is 11.8 Å². The number of likely N-dealkylation sites (tertiary alicyclic amines) is 1. The van der Waals surface area contributed by atoms with Crippen LogP contribution in [-0.4, -0.2) is 84.6 Å². The fraction of sp³-hybridized carbons (Fsp3) is 0.583. The minimum Gasteiger partial charge on any atom is -0.381 e. The van der Waals surface area contributed by atoms with Crippen molar-refractivity contribution in [1.29, 1.82) is 0 Å². The number of nitrogens with zero attached hydrogens (tertiary/aromatic N) is 4. The van der Waals surface area contributed by atoms with Crippen molar-refractivity contribution in [3.63, 3.8) is 0 Å². The van der Waals surface area contributed by atoms with Crippen molar-refractivity contribution < 1.29 is 14.3 Å². The Bertz CT molecular complexity index is 997. The number of carbonyl (C=O) groups is 1. The molecular formula is C24H30N4O3S. The Morgan fingerprint density at radius 2 is 1.97 bits per heavy atom. The van der Waals surface area contributed by atoms with Crippen LogP contribution in [0.1, 0.15) is 34.9 Å². The second kappa shape index (κ2) is 8.82. The monoisotopic (exact) mass is 454 g/mol. The molecular weight excluding hydrogens is 424 g/mol. The molecule has 0 N–H and O–H groups in total. The van der Waals surface area contributed by atoms with Crippen molar-refractivity contribution in [2.45, 2.75) is 29.5 Å². The first-order chi connectivity index (χ1) is 15.8. The molecule has 6 rings (SSSR count). The van der Waals surface area contributed by atoms with E-state index in [0.717, 1.165) is 56.3 Å². The van der Waals surface area contributed by atoms with E-state index >= 15 is 0 Å². The first kappa shape index (κ1) is 20.7. The first-order valence-corrected chi connectivity index (χ1v) is 12.8. The van der Waals surface area contributed by atoms with Crippen LogP contribution in [0.4, 0.5) is 0 Å². The van der Waals surface area contributed by atoms with E-state index in [1.807, 2.05) is 16.7 Å². The number of hydrogen-bond acceptors (Lipinski definition) is 6. The zero-order valence-corrected chi connectivity index (χ0v) is 19.2. The molecule has 32 heavy (non-hydrogen) atoms. The second-order valence-electron chi connectivity index (χ2n) is 9.24. The van der Waals surface area contributed by atoms with E-state index in [9.17, 15) is 4.79 Å². The van der Waals surface area contributed by atoms with Crippen LogP contribution < -0.4 is 0 Å². The van der Waals surface area contributed by atoms with Crippen LogP contribution in [0.15, 0.2) is 29.2 Å². The lowest BCUT2D eigenvalue weighted by Gasteiger charge is -2.26. The summed E-state index contributed by atoms with van der Waals surface area (Å²) in [6, 6.07) is 8.86. The Morgan fingerprint density at radius 1 is 1.09 bits per heavy atom. The average Bonchev–Trinajstić information content (AvgIpc) is 3.59. The highest BCUT2D eigenvalue weighted by Crippen LogP contribution is 2.44. The summed E-state index contributed by atoms with van der Waals surface area (Å²) < 4.78 is 13.2. The summed E-state index contributed by atoms with van der Waals surface area (Å²) >= 11 is 1.81. The van der Waals surface area contributed by atoms with Crippen molar-refractivity contribution in [3.8, 4) is 11.3 Å². The van der Waals surface area contributed by atoms with Gasteiger partial charge in [0.1, 0.15) is 0 Å². The fourth-order valence-electron chi connectivity index (χ4n) is 5.45. The van der Waals surface area contributed by atoms with Crippen LogP contribution in [0, 0.1) is 5.92 Å². The molecule has 1 amide bonds. The van der Waals surface area contributed by atoms with Crippen molar-refractivity contribution in [2.75, 3.05) is 59.2 Å². The van der Waals surface area contributed by atoms with Crippen molar-refractivity contribution in [1.82, 2.24) is 19.6 Å². The van der Waals surface area contributed by atoms with Gasteiger partial charge in [0.05, 0.1) is 31.6 Å². The maximum atomic E-state index is 13.5. The van der Waals surface area contributed by atoms with Gasteiger partial charge in [-0.25, -0.2) is 0 Å². The standard InChI is InChI=1S/C24H30N4O3S/c29-24(27-8-11-30-12-9-27)22-20-16-32-21-4-2-1-3-19(21)23(20)28(25-22)18-5-7-26(14-18)13-17-6-10-31-15-17/h1-4,17-18H,5-16H2. The number of rotatable bonds is 4. The lowest BCUT2D eigenvalue weighted by atomic mass is 10.0. The highest BCUT2D eigenvalue weighted by molar-refractivity contribution is 7.98. The third-order valence-electron chi connectivity index (χ3n) is 7.16. The minimum absolute atomic E-state index is 0.0567. The second-order valence-corrected chi connectivity index (χ2v) is 10.3. The molecule has 4 aliphatic heterocycles. The normalized spacial score (nSPS) is 25.7. The molecule has 0 spiro atoms. The average molecular weight is 455 g/mol. The van der Waals surface area contributed by atoms with Crippen molar-refractivity contribution in [2.24, 2.45) is 5.92 Å². The summed E-state index contributed by atoms with van der Waals surface area (Å²) in [5.41, 5.74) is 4.13. The Hall–Kier alpha value is -1.87. The van der Waals surface area contributed by atoms with Gasteiger partial charge < -0.3 is 19.3 Å². The molecule has 2 unspecified atom stereocenters. The van der Waals surface area contributed by atoms with Crippen LogP contribution in [0.5, 0.6) is 0 Å². The van der Waals surface area contributed by atoms with Gasteiger partial charge in [0.2, 0.25) is 0 Å². The molecule has 4 aliphatic rings. The molecule has 0 radical (unpaired) electrons. The van der Waals surface area contributed by atoms with E-state index in [2.05, 4.69) is 33.8 Å². The number of aromatic nitrogens is 2. The molecule has 1 aromatic heterocycles. The minimum atomic E-state index is 0.0567. The Kier molecular flexibility index (Phi) is 5.71. The molecule has 3 saturated heterocycles. The fourth-order valence-corrected chi connectivity index (χ4v) is 6.52. The van der Waals surface area contributed by atoms with Gasteiger partial charge in [-0.15, -0.1) is 11.8 Å². The molecule has 8 heteroatoms. The van der Waals surface area contributed by atoms with E-state index in [1.54, 1.807) is 0 Å². The van der Waals surface area contributed by atoms with Gasteiger partial charge in [-0.3, -0.25) is 9.48 Å². The molecule has 0 saturated carbocycles. The molecule has 0 aliphatic carbocycles. The summed E-state index contributed by atoms with van der Waals surface area (Å²) in [6.45, 7) is 7.46. The van der Waals surface area contributed by atoms with Gasteiger partial charge in [0.25, 0.3) is 5.91 Å². The quantitative estimate of drug-likeness (QED) is 0.708. The van der Waals surface area contributed by atoms with Gasteiger partial charge in [-0.2, -0.15) is 5.10 Å². The van der Waals surface area contributed by atoms with E-state index in [1.165, 1.54) is 16.9 Å². The van der Waals surface area contributed by atoms with Crippen molar-refractivity contribution in [3.05, 3.63) is 35.5 Å². The lowest BCUT2D eigenvalue weighted by molar-refractivity contribution is 0.0297. The summed E-state index contributed by atoms with van der Waals surface area (Å²) in [6.07, 6.45) is 2.24. The molecule has 3 fully saturated rings. The number of morpholine rings is 1. The lowest BCUT2D eigenvalue weighted by Crippen LogP contribution is -2.41. The molecule has 7 nitrogen and oxygen atoms in total. The van der Waals surface area contributed by atoms with Crippen LogP contribution in [0.3, 0.4) is 0 Å². The third kappa shape index (κ3) is 3.77. The number of ether oxygens (including phenoxy) is 2. The van der Waals surface area contributed by atoms with Gasteiger partial charge in [0.15, 0.2) is 5.69 Å². The third-order valence-corrected chi connectivity index (χ3v) is 8.26. The van der Waals surface area contributed by atoms with Crippen LogP contribution in [0.2, 0.25) is 0 Å². The smallest absolute Gasteiger partial charge is 0.274 e.